The molecule has 6 heteroatoms. The molecule has 0 radical (unpaired) electrons. The minimum absolute atomic E-state index is 0.347. The molecular weight excluding hydrogens is 456 g/mol. The number of unbranched alkanes of at least 4 members (excludes halogenated alkanes) is 19. The van der Waals surface area contributed by atoms with Gasteiger partial charge in [0, 0.05) is 6.42 Å². The van der Waals surface area contributed by atoms with Crippen LogP contribution in [0.2, 0.25) is 0 Å². The van der Waals surface area contributed by atoms with Crippen molar-refractivity contribution < 1.29 is 13.0 Å². The van der Waals surface area contributed by atoms with Gasteiger partial charge in [-0.05, 0) is 18.6 Å². The Bertz CT molecular complexity index is 757. The average molecular weight is 509 g/mol. The van der Waals surface area contributed by atoms with Crippen molar-refractivity contribution in [3.05, 3.63) is 24.3 Å². The first kappa shape index (κ1) is 30.0. The number of hydrogen-bond acceptors (Lipinski definition) is 4. The molecule has 0 saturated carbocycles. The molecule has 1 heterocycles. The Morgan fingerprint density at radius 1 is 0.600 bits per heavy atom. The third-order valence-electron chi connectivity index (χ3n) is 7.42. The zero-order valence-corrected chi connectivity index (χ0v) is 23.1. The van der Waals surface area contributed by atoms with E-state index in [1.54, 1.807) is 0 Å². The molecule has 1 aromatic carbocycles. The van der Waals surface area contributed by atoms with Crippen LogP contribution in [0.1, 0.15) is 142 Å². The van der Waals surface area contributed by atoms with E-state index in [2.05, 4.69) is 17.6 Å². The fraction of sp³-hybridized carbons (Fsp3) is 0.793. The van der Waals surface area contributed by atoms with Crippen molar-refractivity contribution in [3.8, 4) is 0 Å². The van der Waals surface area contributed by atoms with Gasteiger partial charge in [0.05, 0.1) is 11.4 Å². The van der Waals surface area contributed by atoms with Crippen LogP contribution in [0.25, 0.3) is 0 Å². The quantitative estimate of drug-likeness (QED) is 0.107. The van der Waals surface area contributed by atoms with E-state index in [0.29, 0.717) is 6.42 Å². The van der Waals surface area contributed by atoms with Gasteiger partial charge in [0.25, 0.3) is 0 Å². The average Bonchev–Trinajstić information content (AvgIpc) is 3.23. The molecule has 1 aromatic rings. The summed E-state index contributed by atoms with van der Waals surface area (Å²) in [6.45, 7) is 2.28. The Morgan fingerprint density at radius 3 is 1.23 bits per heavy atom. The highest BCUT2D eigenvalue weighted by molar-refractivity contribution is 7.87. The van der Waals surface area contributed by atoms with Crippen LogP contribution in [0.5, 0.6) is 0 Å². The standard InChI is InChI=1S/C29H52N2O3S/c1-2-3-4-5-6-7-8-9-10-11-12-13-14-15-16-17-18-19-20-23-26-29(35(32,33)34)30-27-24-21-22-25-28(27)31-29/h21-22,24-25,30-31H,2-20,23,26H2,1H3,(H,32,33,34). The van der Waals surface area contributed by atoms with Gasteiger partial charge in [-0.1, -0.05) is 141 Å². The molecule has 0 unspecified atom stereocenters. The van der Waals surface area contributed by atoms with Crippen LogP contribution in [0.4, 0.5) is 11.4 Å². The Hall–Kier alpha value is -1.27. The molecule has 0 saturated heterocycles. The number of anilines is 2. The number of fused-ring (bicyclic) bond motifs is 1. The van der Waals surface area contributed by atoms with Gasteiger partial charge in [-0.25, -0.2) is 0 Å². The second-order valence-electron chi connectivity index (χ2n) is 10.6. The Kier molecular flexibility index (Phi) is 14.7. The van der Waals surface area contributed by atoms with Crippen molar-refractivity contribution in [3.63, 3.8) is 0 Å². The first-order chi connectivity index (χ1) is 17.0. The van der Waals surface area contributed by atoms with Gasteiger partial charge in [-0.3, -0.25) is 4.55 Å². The summed E-state index contributed by atoms with van der Waals surface area (Å²) in [6, 6.07) is 7.36. The van der Waals surface area contributed by atoms with E-state index in [1.165, 1.54) is 109 Å². The van der Waals surface area contributed by atoms with E-state index in [-0.39, 0.29) is 0 Å². The topological polar surface area (TPSA) is 78.4 Å². The molecule has 1 aliphatic heterocycles. The molecule has 0 fully saturated rings. The van der Waals surface area contributed by atoms with E-state index >= 15 is 0 Å². The highest BCUT2D eigenvalue weighted by Gasteiger charge is 2.46. The second kappa shape index (κ2) is 17.2. The fourth-order valence-corrected chi connectivity index (χ4v) is 6.06. The van der Waals surface area contributed by atoms with Crippen LogP contribution in [0.15, 0.2) is 24.3 Å². The predicted molar refractivity (Wildman–Crippen MR) is 151 cm³/mol. The van der Waals surface area contributed by atoms with E-state index in [9.17, 15) is 13.0 Å². The summed E-state index contributed by atoms with van der Waals surface area (Å²) >= 11 is 0. The summed E-state index contributed by atoms with van der Waals surface area (Å²) in [4.78, 5) is -1.50. The molecular formula is C29H52N2O3S. The predicted octanol–water partition coefficient (Wildman–Crippen LogP) is 9.28. The first-order valence-corrected chi connectivity index (χ1v) is 16.0. The Morgan fingerprint density at radius 2 is 0.914 bits per heavy atom. The summed E-state index contributed by atoms with van der Waals surface area (Å²) in [6.07, 6.45) is 26.7. The molecule has 0 aromatic heterocycles. The number of para-hydroxylation sites is 2. The van der Waals surface area contributed by atoms with Crippen LogP contribution in [-0.4, -0.2) is 18.0 Å². The normalized spacial score (nSPS) is 14.5. The number of rotatable bonds is 22. The number of nitrogens with one attached hydrogen (secondary N) is 2. The largest absolute Gasteiger partial charge is 0.347 e. The summed E-state index contributed by atoms with van der Waals surface area (Å²) < 4.78 is 34.0. The molecule has 5 nitrogen and oxygen atoms in total. The molecule has 1 aliphatic rings. The number of benzene rings is 1. The lowest BCUT2D eigenvalue weighted by Crippen LogP contribution is -2.49. The van der Waals surface area contributed by atoms with Gasteiger partial charge in [0.15, 0.2) is 0 Å². The minimum Gasteiger partial charge on any atom is -0.347 e. The van der Waals surface area contributed by atoms with Gasteiger partial charge in [-0.15, -0.1) is 0 Å². The molecule has 0 amide bonds. The molecule has 2 rings (SSSR count). The molecule has 3 N–H and O–H groups in total. The molecule has 35 heavy (non-hydrogen) atoms. The van der Waals surface area contributed by atoms with Gasteiger partial charge < -0.3 is 10.6 Å². The van der Waals surface area contributed by atoms with Crippen LogP contribution in [0, 0.1) is 0 Å². The van der Waals surface area contributed by atoms with Gasteiger partial charge >= 0.3 is 10.1 Å². The lowest BCUT2D eigenvalue weighted by Gasteiger charge is -2.27. The van der Waals surface area contributed by atoms with Crippen molar-refractivity contribution in [2.24, 2.45) is 0 Å². The summed E-state index contributed by atoms with van der Waals surface area (Å²) in [5.41, 5.74) is 1.44. The summed E-state index contributed by atoms with van der Waals surface area (Å²) in [7, 11) is -4.28. The SMILES string of the molecule is CCCCCCCCCCCCCCCCCCCCCCC1(S(=O)(=O)O)Nc2ccccc2N1. The van der Waals surface area contributed by atoms with Crippen molar-refractivity contribution in [2.45, 2.75) is 147 Å². The van der Waals surface area contributed by atoms with Gasteiger partial charge in [-0.2, -0.15) is 8.42 Å². The Labute approximate surface area is 216 Å². The van der Waals surface area contributed by atoms with Crippen molar-refractivity contribution in [1.82, 2.24) is 0 Å². The lowest BCUT2D eigenvalue weighted by atomic mass is 10.0. The van der Waals surface area contributed by atoms with Crippen molar-refractivity contribution in [1.29, 1.82) is 0 Å². The highest BCUT2D eigenvalue weighted by Crippen LogP contribution is 2.38. The molecule has 0 bridgehead atoms. The smallest absolute Gasteiger partial charge is 0.308 e. The lowest BCUT2D eigenvalue weighted by molar-refractivity contribution is 0.434. The summed E-state index contributed by atoms with van der Waals surface area (Å²) in [5, 5.41) is 6.00. The highest BCUT2D eigenvalue weighted by atomic mass is 32.2. The van der Waals surface area contributed by atoms with Crippen LogP contribution in [0.3, 0.4) is 0 Å². The Balaban J connectivity index is 1.38. The molecule has 0 atom stereocenters. The van der Waals surface area contributed by atoms with Crippen LogP contribution in [-0.2, 0) is 10.1 Å². The zero-order chi connectivity index (χ0) is 25.2. The van der Waals surface area contributed by atoms with Gasteiger partial charge in [0.2, 0.25) is 4.99 Å². The zero-order valence-electron chi connectivity index (χ0n) is 22.3. The number of hydrogen-bond donors (Lipinski definition) is 3. The second-order valence-corrected chi connectivity index (χ2v) is 12.2. The van der Waals surface area contributed by atoms with Crippen molar-refractivity contribution in [2.75, 3.05) is 10.6 Å². The van der Waals surface area contributed by atoms with E-state index < -0.39 is 15.1 Å². The van der Waals surface area contributed by atoms with Gasteiger partial charge in [0.1, 0.15) is 0 Å². The first-order valence-electron chi connectivity index (χ1n) is 14.6. The van der Waals surface area contributed by atoms with Crippen molar-refractivity contribution >= 4 is 21.5 Å². The fourth-order valence-electron chi connectivity index (χ4n) is 5.18. The monoisotopic (exact) mass is 508 g/mol. The maximum atomic E-state index is 12.1. The van der Waals surface area contributed by atoms with E-state index in [0.717, 1.165) is 30.6 Å². The van der Waals surface area contributed by atoms with E-state index in [4.69, 9.17) is 0 Å². The maximum absolute atomic E-state index is 12.1. The van der Waals surface area contributed by atoms with E-state index in [1.807, 2.05) is 24.3 Å². The van der Waals surface area contributed by atoms with Crippen LogP contribution < -0.4 is 10.6 Å². The van der Waals surface area contributed by atoms with Crippen LogP contribution >= 0.6 is 0 Å². The molecule has 0 spiro atoms. The minimum atomic E-state index is -4.28. The maximum Gasteiger partial charge on any atom is 0.308 e. The third kappa shape index (κ3) is 11.6. The molecule has 202 valence electrons. The third-order valence-corrected chi connectivity index (χ3v) is 8.71. The summed E-state index contributed by atoms with van der Waals surface area (Å²) in [5.74, 6) is 0. The molecule has 0 aliphatic carbocycles.